The number of carbonyl (C=O) groups excluding carboxylic acids is 1. The van der Waals surface area contributed by atoms with Crippen LogP contribution in [-0.2, 0) is 6.54 Å². The predicted octanol–water partition coefficient (Wildman–Crippen LogP) is 6.03. The zero-order valence-corrected chi connectivity index (χ0v) is 20.0. The van der Waals surface area contributed by atoms with Gasteiger partial charge in [-0.2, -0.15) is 5.10 Å². The maximum absolute atomic E-state index is 13.8. The lowest BCUT2D eigenvalue weighted by Gasteiger charge is -2.20. The molecule has 0 N–H and O–H groups in total. The Balaban J connectivity index is 1.47. The van der Waals surface area contributed by atoms with E-state index in [0.717, 1.165) is 10.2 Å². The van der Waals surface area contributed by atoms with Crippen LogP contribution in [0.2, 0.25) is 0 Å². The van der Waals surface area contributed by atoms with Crippen LogP contribution < -0.4 is 14.4 Å². The Labute approximate surface area is 207 Å². The van der Waals surface area contributed by atoms with E-state index in [9.17, 15) is 4.79 Å². The third kappa shape index (κ3) is 5.17. The molecule has 1 amide bonds. The van der Waals surface area contributed by atoms with E-state index >= 15 is 0 Å². The molecular weight excluding hydrogens is 460 g/mol. The Morgan fingerprint density at radius 2 is 1.83 bits per heavy atom. The summed E-state index contributed by atoms with van der Waals surface area (Å²) in [7, 11) is 0. The Bertz CT molecular complexity index is 1420. The third-order valence-electron chi connectivity index (χ3n) is 5.32. The SMILES string of the molecule is CCOc1cccc2sc(N(CCn3cccn3)C(=O)c3cccc(Oc4ccccc4)c3)nc12. The zero-order chi connectivity index (χ0) is 24.0. The summed E-state index contributed by atoms with van der Waals surface area (Å²) in [5.41, 5.74) is 1.27. The summed E-state index contributed by atoms with van der Waals surface area (Å²) < 4.78 is 14.5. The van der Waals surface area contributed by atoms with Gasteiger partial charge in [-0.1, -0.05) is 41.7 Å². The van der Waals surface area contributed by atoms with Gasteiger partial charge in [0, 0.05) is 24.5 Å². The number of aromatic nitrogens is 3. The van der Waals surface area contributed by atoms with Crippen LogP contribution in [-0.4, -0.2) is 33.8 Å². The van der Waals surface area contributed by atoms with Gasteiger partial charge in [-0.25, -0.2) is 4.98 Å². The fourth-order valence-electron chi connectivity index (χ4n) is 3.69. The average Bonchev–Trinajstić information content (AvgIpc) is 3.56. The van der Waals surface area contributed by atoms with Crippen molar-refractivity contribution in [2.24, 2.45) is 0 Å². The molecule has 176 valence electrons. The first-order valence-corrected chi connectivity index (χ1v) is 12.2. The molecule has 0 saturated carbocycles. The maximum Gasteiger partial charge on any atom is 0.260 e. The Hall–Kier alpha value is -4.17. The quantitative estimate of drug-likeness (QED) is 0.255. The van der Waals surface area contributed by atoms with Crippen molar-refractivity contribution in [3.63, 3.8) is 0 Å². The number of carbonyl (C=O) groups is 1. The van der Waals surface area contributed by atoms with E-state index in [1.807, 2.05) is 79.9 Å². The molecule has 0 bridgehead atoms. The molecule has 0 radical (unpaired) electrons. The number of benzene rings is 3. The summed E-state index contributed by atoms with van der Waals surface area (Å²) in [4.78, 5) is 20.3. The second-order valence-corrected chi connectivity index (χ2v) is 8.71. The van der Waals surface area contributed by atoms with Gasteiger partial charge in [-0.15, -0.1) is 0 Å². The number of hydrogen-bond donors (Lipinski definition) is 0. The van der Waals surface area contributed by atoms with E-state index in [1.54, 1.807) is 27.9 Å². The van der Waals surface area contributed by atoms with Crippen molar-refractivity contribution in [2.75, 3.05) is 18.1 Å². The van der Waals surface area contributed by atoms with Gasteiger partial charge in [0.1, 0.15) is 22.8 Å². The molecule has 0 unspecified atom stereocenters. The Kier molecular flexibility index (Phi) is 6.72. The summed E-state index contributed by atoms with van der Waals surface area (Å²) in [5, 5.41) is 4.89. The number of thiazole rings is 1. The highest BCUT2D eigenvalue weighted by atomic mass is 32.1. The molecule has 0 saturated heterocycles. The standard InChI is InChI=1S/C27H24N4O3S/c1-2-33-23-13-7-14-24-25(23)29-27(35-24)31(18-17-30-16-8-15-28-30)26(32)20-9-6-12-22(19-20)34-21-10-4-3-5-11-21/h3-16,19H,2,17-18H2,1H3. The monoisotopic (exact) mass is 484 g/mol. The summed E-state index contributed by atoms with van der Waals surface area (Å²) in [6.45, 7) is 3.43. The lowest BCUT2D eigenvalue weighted by atomic mass is 10.2. The number of ether oxygens (including phenoxy) is 2. The van der Waals surface area contributed by atoms with Crippen molar-refractivity contribution >= 4 is 32.6 Å². The van der Waals surface area contributed by atoms with Gasteiger partial charge in [0.05, 0.1) is 17.9 Å². The van der Waals surface area contributed by atoms with Crippen LogP contribution >= 0.6 is 11.3 Å². The summed E-state index contributed by atoms with van der Waals surface area (Å²) >= 11 is 1.47. The highest BCUT2D eigenvalue weighted by Crippen LogP contribution is 2.35. The van der Waals surface area contributed by atoms with Crippen LogP contribution in [0.15, 0.2) is 91.3 Å². The van der Waals surface area contributed by atoms with Crippen LogP contribution in [0.1, 0.15) is 17.3 Å². The number of nitrogens with zero attached hydrogens (tertiary/aromatic N) is 4. The van der Waals surface area contributed by atoms with Gasteiger partial charge in [-0.05, 0) is 55.5 Å². The van der Waals surface area contributed by atoms with Crippen molar-refractivity contribution in [1.29, 1.82) is 0 Å². The number of hydrogen-bond acceptors (Lipinski definition) is 6. The first-order chi connectivity index (χ1) is 17.2. The highest BCUT2D eigenvalue weighted by molar-refractivity contribution is 7.22. The summed E-state index contributed by atoms with van der Waals surface area (Å²) in [6.07, 6.45) is 3.60. The van der Waals surface area contributed by atoms with E-state index in [0.29, 0.717) is 47.6 Å². The molecule has 2 heterocycles. The molecule has 5 rings (SSSR count). The van der Waals surface area contributed by atoms with Gasteiger partial charge in [0.2, 0.25) is 0 Å². The lowest BCUT2D eigenvalue weighted by Crippen LogP contribution is -2.34. The van der Waals surface area contributed by atoms with Crippen LogP contribution in [0.4, 0.5) is 5.13 Å². The van der Waals surface area contributed by atoms with Crippen LogP contribution in [0.5, 0.6) is 17.2 Å². The fraction of sp³-hybridized carbons (Fsp3) is 0.148. The van der Waals surface area contributed by atoms with Crippen molar-refractivity contribution < 1.29 is 14.3 Å². The molecule has 0 fully saturated rings. The minimum atomic E-state index is -0.160. The molecule has 0 atom stereocenters. The predicted molar refractivity (Wildman–Crippen MR) is 138 cm³/mol. The Morgan fingerprint density at radius 3 is 2.63 bits per heavy atom. The zero-order valence-electron chi connectivity index (χ0n) is 19.2. The molecule has 8 heteroatoms. The molecule has 5 aromatic rings. The smallest absolute Gasteiger partial charge is 0.260 e. The van der Waals surface area contributed by atoms with Crippen molar-refractivity contribution in [3.8, 4) is 17.2 Å². The van der Waals surface area contributed by atoms with Crippen molar-refractivity contribution in [2.45, 2.75) is 13.5 Å². The van der Waals surface area contributed by atoms with Gasteiger partial charge >= 0.3 is 0 Å². The number of anilines is 1. The molecule has 0 spiro atoms. The molecule has 7 nitrogen and oxygen atoms in total. The molecular formula is C27H24N4O3S. The number of amides is 1. The second kappa shape index (κ2) is 10.4. The van der Waals surface area contributed by atoms with Gasteiger partial charge < -0.3 is 9.47 Å². The van der Waals surface area contributed by atoms with Crippen LogP contribution in [0, 0.1) is 0 Å². The minimum absolute atomic E-state index is 0.160. The van der Waals surface area contributed by atoms with Crippen LogP contribution in [0.3, 0.4) is 0 Å². The molecule has 2 aromatic heterocycles. The van der Waals surface area contributed by atoms with Crippen molar-refractivity contribution in [1.82, 2.24) is 14.8 Å². The van der Waals surface area contributed by atoms with E-state index in [4.69, 9.17) is 14.5 Å². The largest absolute Gasteiger partial charge is 0.492 e. The normalized spacial score (nSPS) is 10.9. The minimum Gasteiger partial charge on any atom is -0.492 e. The average molecular weight is 485 g/mol. The Morgan fingerprint density at radius 1 is 1.00 bits per heavy atom. The number of rotatable bonds is 9. The topological polar surface area (TPSA) is 69.5 Å². The first-order valence-electron chi connectivity index (χ1n) is 11.4. The molecule has 3 aromatic carbocycles. The molecule has 35 heavy (non-hydrogen) atoms. The third-order valence-corrected chi connectivity index (χ3v) is 6.36. The highest BCUT2D eigenvalue weighted by Gasteiger charge is 2.23. The number of para-hydroxylation sites is 2. The van der Waals surface area contributed by atoms with E-state index in [-0.39, 0.29) is 5.91 Å². The fourth-order valence-corrected chi connectivity index (χ4v) is 4.70. The molecule has 0 aliphatic heterocycles. The summed E-state index contributed by atoms with van der Waals surface area (Å²) in [5.74, 6) is 1.86. The van der Waals surface area contributed by atoms with E-state index < -0.39 is 0 Å². The van der Waals surface area contributed by atoms with Crippen LogP contribution in [0.25, 0.3) is 10.2 Å². The summed E-state index contributed by atoms with van der Waals surface area (Å²) in [6, 6.07) is 24.4. The lowest BCUT2D eigenvalue weighted by molar-refractivity contribution is 0.0985. The maximum atomic E-state index is 13.8. The van der Waals surface area contributed by atoms with E-state index in [1.165, 1.54) is 11.3 Å². The molecule has 0 aliphatic carbocycles. The van der Waals surface area contributed by atoms with E-state index in [2.05, 4.69) is 5.10 Å². The first kappa shape index (κ1) is 22.6. The number of fused-ring (bicyclic) bond motifs is 1. The van der Waals surface area contributed by atoms with Gasteiger partial charge in [-0.3, -0.25) is 14.4 Å². The molecule has 0 aliphatic rings. The second-order valence-electron chi connectivity index (χ2n) is 7.70. The van der Waals surface area contributed by atoms with Crippen molar-refractivity contribution in [3.05, 3.63) is 96.8 Å². The van der Waals surface area contributed by atoms with Gasteiger partial charge in [0.15, 0.2) is 5.13 Å². The van der Waals surface area contributed by atoms with Gasteiger partial charge in [0.25, 0.3) is 5.91 Å².